The average molecular weight is 224 g/mol. The van der Waals surface area contributed by atoms with Crippen molar-refractivity contribution in [2.75, 3.05) is 19.6 Å². The fourth-order valence-corrected chi connectivity index (χ4v) is 3.10. The highest BCUT2D eigenvalue weighted by Crippen LogP contribution is 2.28. The molecule has 16 heavy (non-hydrogen) atoms. The standard InChI is InChI=1S/C14H28N2/c1-3-16(14-8-9-14)11-10-15-12(2)13-6-4-5-7-13/h12-15H,3-11H2,1-2H3. The third kappa shape index (κ3) is 3.46. The molecular formula is C14H28N2. The molecule has 94 valence electrons. The van der Waals surface area contributed by atoms with Gasteiger partial charge in [0, 0.05) is 25.2 Å². The lowest BCUT2D eigenvalue weighted by molar-refractivity contribution is 0.264. The van der Waals surface area contributed by atoms with Crippen LogP contribution in [0.3, 0.4) is 0 Å². The van der Waals surface area contributed by atoms with Gasteiger partial charge in [-0.3, -0.25) is 4.90 Å². The van der Waals surface area contributed by atoms with Crippen LogP contribution >= 0.6 is 0 Å². The summed E-state index contributed by atoms with van der Waals surface area (Å²) in [5.41, 5.74) is 0. The molecule has 1 atom stereocenters. The third-order valence-electron chi connectivity index (χ3n) is 4.44. The van der Waals surface area contributed by atoms with E-state index in [0.717, 1.165) is 18.0 Å². The molecule has 1 N–H and O–H groups in total. The monoisotopic (exact) mass is 224 g/mol. The van der Waals surface area contributed by atoms with E-state index in [-0.39, 0.29) is 0 Å². The Morgan fingerprint density at radius 1 is 1.19 bits per heavy atom. The Morgan fingerprint density at radius 2 is 1.88 bits per heavy atom. The molecular weight excluding hydrogens is 196 g/mol. The van der Waals surface area contributed by atoms with E-state index in [1.165, 1.54) is 58.2 Å². The molecule has 0 aromatic carbocycles. The fourth-order valence-electron chi connectivity index (χ4n) is 3.10. The average Bonchev–Trinajstić information content (AvgIpc) is 2.97. The SMILES string of the molecule is CCN(CCNC(C)C1CCCC1)C1CC1. The van der Waals surface area contributed by atoms with Crippen molar-refractivity contribution in [3.8, 4) is 0 Å². The highest BCUT2D eigenvalue weighted by molar-refractivity contribution is 4.84. The summed E-state index contributed by atoms with van der Waals surface area (Å²) in [5, 5.41) is 3.73. The molecule has 2 heteroatoms. The molecule has 0 bridgehead atoms. The normalized spacial score (nSPS) is 24.2. The van der Waals surface area contributed by atoms with Gasteiger partial charge in [-0.15, -0.1) is 0 Å². The molecule has 2 saturated carbocycles. The number of nitrogens with zero attached hydrogens (tertiary/aromatic N) is 1. The highest BCUT2D eigenvalue weighted by atomic mass is 15.2. The number of likely N-dealkylation sites (N-methyl/N-ethyl adjacent to an activating group) is 1. The molecule has 2 rings (SSSR count). The smallest absolute Gasteiger partial charge is 0.0110 e. The molecule has 0 aliphatic heterocycles. The summed E-state index contributed by atoms with van der Waals surface area (Å²) in [7, 11) is 0. The van der Waals surface area contributed by atoms with Crippen molar-refractivity contribution in [2.24, 2.45) is 5.92 Å². The van der Waals surface area contributed by atoms with E-state index < -0.39 is 0 Å². The van der Waals surface area contributed by atoms with Crippen molar-refractivity contribution in [1.82, 2.24) is 10.2 Å². The summed E-state index contributed by atoms with van der Waals surface area (Å²) < 4.78 is 0. The van der Waals surface area contributed by atoms with Gasteiger partial charge in [-0.05, 0) is 45.1 Å². The second kappa shape index (κ2) is 6.02. The Bertz CT molecular complexity index is 195. The van der Waals surface area contributed by atoms with Crippen LogP contribution in [0.1, 0.15) is 52.4 Å². The van der Waals surface area contributed by atoms with Crippen LogP contribution < -0.4 is 5.32 Å². The molecule has 0 aromatic rings. The van der Waals surface area contributed by atoms with Crippen molar-refractivity contribution >= 4 is 0 Å². The van der Waals surface area contributed by atoms with Gasteiger partial charge in [0.2, 0.25) is 0 Å². The fraction of sp³-hybridized carbons (Fsp3) is 1.00. The molecule has 1 unspecified atom stereocenters. The Balaban J connectivity index is 1.58. The van der Waals surface area contributed by atoms with Gasteiger partial charge in [-0.1, -0.05) is 19.8 Å². The lowest BCUT2D eigenvalue weighted by Crippen LogP contribution is -2.39. The zero-order valence-electron chi connectivity index (χ0n) is 11.0. The van der Waals surface area contributed by atoms with Crippen LogP contribution in [0.4, 0.5) is 0 Å². The number of hydrogen-bond donors (Lipinski definition) is 1. The summed E-state index contributed by atoms with van der Waals surface area (Å²) in [6.07, 6.45) is 8.69. The van der Waals surface area contributed by atoms with Crippen molar-refractivity contribution < 1.29 is 0 Å². The van der Waals surface area contributed by atoms with Gasteiger partial charge in [-0.25, -0.2) is 0 Å². The molecule has 0 radical (unpaired) electrons. The van der Waals surface area contributed by atoms with Gasteiger partial charge in [0.25, 0.3) is 0 Å². The molecule has 0 spiro atoms. The zero-order chi connectivity index (χ0) is 11.4. The summed E-state index contributed by atoms with van der Waals surface area (Å²) in [6, 6.07) is 1.66. The molecule has 0 aromatic heterocycles. The van der Waals surface area contributed by atoms with E-state index >= 15 is 0 Å². The van der Waals surface area contributed by atoms with Gasteiger partial charge >= 0.3 is 0 Å². The summed E-state index contributed by atoms with van der Waals surface area (Å²) in [4.78, 5) is 2.63. The van der Waals surface area contributed by atoms with E-state index in [1.54, 1.807) is 0 Å². The summed E-state index contributed by atoms with van der Waals surface area (Å²) in [5.74, 6) is 0.955. The van der Waals surface area contributed by atoms with Gasteiger partial charge in [-0.2, -0.15) is 0 Å². The predicted molar refractivity (Wildman–Crippen MR) is 69.7 cm³/mol. The van der Waals surface area contributed by atoms with Gasteiger partial charge in [0.15, 0.2) is 0 Å². The largest absolute Gasteiger partial charge is 0.313 e. The minimum Gasteiger partial charge on any atom is -0.313 e. The van der Waals surface area contributed by atoms with E-state index in [9.17, 15) is 0 Å². The number of rotatable bonds is 7. The minimum absolute atomic E-state index is 0.736. The van der Waals surface area contributed by atoms with Crippen molar-refractivity contribution in [1.29, 1.82) is 0 Å². The van der Waals surface area contributed by atoms with Crippen LogP contribution in [0.2, 0.25) is 0 Å². The molecule has 0 heterocycles. The zero-order valence-corrected chi connectivity index (χ0v) is 11.0. The Labute approximate surface area is 101 Å². The topological polar surface area (TPSA) is 15.3 Å². The maximum Gasteiger partial charge on any atom is 0.0110 e. The number of nitrogens with one attached hydrogen (secondary N) is 1. The first-order valence-electron chi connectivity index (χ1n) is 7.28. The number of hydrogen-bond acceptors (Lipinski definition) is 2. The summed E-state index contributed by atoms with van der Waals surface area (Å²) >= 11 is 0. The van der Waals surface area contributed by atoms with Crippen LogP contribution in [0, 0.1) is 5.92 Å². The van der Waals surface area contributed by atoms with Crippen molar-refractivity contribution in [2.45, 2.75) is 64.5 Å². The maximum atomic E-state index is 3.73. The maximum absolute atomic E-state index is 3.73. The molecule has 0 amide bonds. The first kappa shape index (κ1) is 12.4. The quantitative estimate of drug-likeness (QED) is 0.715. The lowest BCUT2D eigenvalue weighted by atomic mass is 10.00. The van der Waals surface area contributed by atoms with E-state index in [1.807, 2.05) is 0 Å². The molecule has 2 aliphatic rings. The van der Waals surface area contributed by atoms with E-state index in [2.05, 4.69) is 24.1 Å². The van der Waals surface area contributed by atoms with Gasteiger partial charge in [0.05, 0.1) is 0 Å². The first-order valence-corrected chi connectivity index (χ1v) is 7.28. The van der Waals surface area contributed by atoms with E-state index in [0.29, 0.717) is 0 Å². The predicted octanol–water partition coefficient (Wildman–Crippen LogP) is 2.64. The minimum atomic E-state index is 0.736. The van der Waals surface area contributed by atoms with Gasteiger partial charge in [0.1, 0.15) is 0 Å². The van der Waals surface area contributed by atoms with E-state index in [4.69, 9.17) is 0 Å². The van der Waals surface area contributed by atoms with Crippen molar-refractivity contribution in [3.63, 3.8) is 0 Å². The second-order valence-electron chi connectivity index (χ2n) is 5.65. The highest BCUT2D eigenvalue weighted by Gasteiger charge is 2.27. The Kier molecular flexibility index (Phi) is 4.66. The summed E-state index contributed by atoms with van der Waals surface area (Å²) in [6.45, 7) is 8.33. The van der Waals surface area contributed by atoms with Crippen molar-refractivity contribution in [3.05, 3.63) is 0 Å². The Morgan fingerprint density at radius 3 is 2.44 bits per heavy atom. The van der Waals surface area contributed by atoms with Crippen LogP contribution in [0.25, 0.3) is 0 Å². The molecule has 2 aliphatic carbocycles. The van der Waals surface area contributed by atoms with Crippen LogP contribution in [-0.2, 0) is 0 Å². The first-order chi connectivity index (χ1) is 7.81. The van der Waals surface area contributed by atoms with Gasteiger partial charge < -0.3 is 5.32 Å². The van der Waals surface area contributed by atoms with Crippen LogP contribution in [-0.4, -0.2) is 36.6 Å². The van der Waals surface area contributed by atoms with Crippen LogP contribution in [0.15, 0.2) is 0 Å². The second-order valence-corrected chi connectivity index (χ2v) is 5.65. The molecule has 2 fully saturated rings. The molecule has 2 nitrogen and oxygen atoms in total. The lowest BCUT2D eigenvalue weighted by Gasteiger charge is -2.24. The molecule has 0 saturated heterocycles. The third-order valence-corrected chi connectivity index (χ3v) is 4.44. The Hall–Kier alpha value is -0.0800. The van der Waals surface area contributed by atoms with Crippen LogP contribution in [0.5, 0.6) is 0 Å².